The molecule has 0 spiro atoms. The number of carbonyl (C=O) groups is 2. The van der Waals surface area contributed by atoms with Crippen LogP contribution >= 0.6 is 0 Å². The third-order valence-electron chi connectivity index (χ3n) is 4.69. The maximum absolute atomic E-state index is 13.1. The zero-order chi connectivity index (χ0) is 18.9. The van der Waals surface area contributed by atoms with Crippen molar-refractivity contribution in [2.75, 3.05) is 25.3 Å². The van der Waals surface area contributed by atoms with Crippen molar-refractivity contribution < 1.29 is 19.1 Å². The van der Waals surface area contributed by atoms with E-state index in [4.69, 9.17) is 9.47 Å². The normalized spacial score (nSPS) is 19.5. The first-order valence-electron chi connectivity index (χ1n) is 8.88. The van der Waals surface area contributed by atoms with Gasteiger partial charge >= 0.3 is 0 Å². The molecule has 2 heterocycles. The molecule has 6 nitrogen and oxygen atoms in total. The molecular formula is C19H26N2O4Si. The van der Waals surface area contributed by atoms with Crippen molar-refractivity contribution in [3.05, 3.63) is 36.0 Å². The number of benzene rings is 1. The van der Waals surface area contributed by atoms with Crippen LogP contribution in [-0.2, 0) is 9.53 Å². The lowest BCUT2D eigenvalue weighted by atomic mass is 10.1. The molecule has 0 aromatic heterocycles. The van der Waals surface area contributed by atoms with Crippen LogP contribution in [0.15, 0.2) is 30.5 Å². The number of hydrogen-bond acceptors (Lipinski definition) is 4. The molecule has 7 heteroatoms. The molecule has 2 aliphatic heterocycles. The molecule has 140 valence electrons. The standard InChI is InChI=1S/C19H26N2O4Si/c1-24-14-7-8-16-15(12-14)18(22)20-9-5-6-17(20)19(23)21(16)13-25-10-11-26(2,3)4/h5,7-9,12,17H,6,10-11,13H2,1-4H3. The Bertz CT molecular complexity index is 742. The van der Waals surface area contributed by atoms with Crippen LogP contribution in [-0.4, -0.2) is 51.3 Å². The summed E-state index contributed by atoms with van der Waals surface area (Å²) in [7, 11) is 0.355. The number of carbonyl (C=O) groups excluding carboxylic acids is 2. The van der Waals surface area contributed by atoms with Gasteiger partial charge in [0.25, 0.3) is 11.8 Å². The Kier molecular flexibility index (Phi) is 5.20. The van der Waals surface area contributed by atoms with E-state index < -0.39 is 14.1 Å². The molecule has 3 rings (SSSR count). The maximum atomic E-state index is 13.1. The van der Waals surface area contributed by atoms with Gasteiger partial charge in [0.05, 0.1) is 18.4 Å². The van der Waals surface area contributed by atoms with E-state index in [-0.39, 0.29) is 18.5 Å². The van der Waals surface area contributed by atoms with Crippen LogP contribution in [0.5, 0.6) is 5.75 Å². The number of hydrogen-bond donors (Lipinski definition) is 0. The topological polar surface area (TPSA) is 59.1 Å². The highest BCUT2D eigenvalue weighted by atomic mass is 28.3. The SMILES string of the molecule is COc1ccc2c(c1)C(=O)N1C=CCC1C(=O)N2COCC[Si](C)(C)C. The Labute approximate surface area is 155 Å². The highest BCUT2D eigenvalue weighted by molar-refractivity contribution is 6.76. The van der Waals surface area contributed by atoms with Crippen molar-refractivity contribution in [3.8, 4) is 5.75 Å². The number of anilines is 1. The zero-order valence-electron chi connectivity index (χ0n) is 15.8. The lowest BCUT2D eigenvalue weighted by Gasteiger charge is -2.26. The third kappa shape index (κ3) is 3.68. The average molecular weight is 375 g/mol. The summed E-state index contributed by atoms with van der Waals surface area (Å²) in [5, 5.41) is 0. The molecular weight excluding hydrogens is 348 g/mol. The van der Waals surface area contributed by atoms with Gasteiger partial charge in [-0.25, -0.2) is 0 Å². The molecule has 26 heavy (non-hydrogen) atoms. The van der Waals surface area contributed by atoms with E-state index >= 15 is 0 Å². The van der Waals surface area contributed by atoms with Gasteiger partial charge in [0.2, 0.25) is 0 Å². The minimum atomic E-state index is -1.20. The number of nitrogens with zero attached hydrogens (tertiary/aromatic N) is 2. The molecule has 1 aromatic rings. The summed E-state index contributed by atoms with van der Waals surface area (Å²) < 4.78 is 11.1. The van der Waals surface area contributed by atoms with Crippen molar-refractivity contribution in [3.63, 3.8) is 0 Å². The lowest BCUT2D eigenvalue weighted by molar-refractivity contribution is -0.123. The molecule has 1 unspecified atom stereocenters. The predicted octanol–water partition coefficient (Wildman–Crippen LogP) is 3.08. The van der Waals surface area contributed by atoms with Gasteiger partial charge in [-0.05, 0) is 30.7 Å². The monoisotopic (exact) mass is 374 g/mol. The van der Waals surface area contributed by atoms with Crippen LogP contribution in [0.25, 0.3) is 0 Å². The maximum Gasteiger partial charge on any atom is 0.260 e. The number of ether oxygens (including phenoxy) is 2. The zero-order valence-corrected chi connectivity index (χ0v) is 16.8. The van der Waals surface area contributed by atoms with E-state index in [1.54, 1.807) is 36.4 Å². The fourth-order valence-corrected chi connectivity index (χ4v) is 3.86. The van der Waals surface area contributed by atoms with Gasteiger partial charge in [-0.3, -0.25) is 14.5 Å². The fraction of sp³-hybridized carbons (Fsp3) is 0.474. The van der Waals surface area contributed by atoms with Crippen molar-refractivity contribution in [1.29, 1.82) is 0 Å². The third-order valence-corrected chi connectivity index (χ3v) is 6.39. The molecule has 0 saturated carbocycles. The Morgan fingerprint density at radius 2 is 2.00 bits per heavy atom. The van der Waals surface area contributed by atoms with E-state index in [1.807, 2.05) is 6.08 Å². The number of rotatable bonds is 6. The van der Waals surface area contributed by atoms with Crippen molar-refractivity contribution >= 4 is 25.6 Å². The minimum absolute atomic E-state index is 0.111. The summed E-state index contributed by atoms with van der Waals surface area (Å²) in [6.07, 6.45) is 4.08. The van der Waals surface area contributed by atoms with E-state index in [0.29, 0.717) is 30.0 Å². The first kappa shape index (κ1) is 18.7. The fourth-order valence-electron chi connectivity index (χ4n) is 3.10. The minimum Gasteiger partial charge on any atom is -0.497 e. The van der Waals surface area contributed by atoms with Gasteiger partial charge in [-0.2, -0.15) is 0 Å². The second-order valence-corrected chi connectivity index (χ2v) is 13.5. The van der Waals surface area contributed by atoms with Crippen molar-refractivity contribution in [2.45, 2.75) is 38.1 Å². The largest absolute Gasteiger partial charge is 0.497 e. The van der Waals surface area contributed by atoms with Crippen LogP contribution in [0.3, 0.4) is 0 Å². The highest BCUT2D eigenvalue weighted by Crippen LogP contribution is 2.33. The summed E-state index contributed by atoms with van der Waals surface area (Å²) in [6.45, 7) is 7.63. The van der Waals surface area contributed by atoms with Crippen LogP contribution in [0.4, 0.5) is 5.69 Å². The summed E-state index contributed by atoms with van der Waals surface area (Å²) in [5.74, 6) is 0.293. The Hall–Kier alpha value is -2.12. The molecule has 1 aromatic carbocycles. The van der Waals surface area contributed by atoms with Crippen LogP contribution in [0, 0.1) is 0 Å². The quantitative estimate of drug-likeness (QED) is 0.567. The van der Waals surface area contributed by atoms with Gasteiger partial charge in [-0.15, -0.1) is 0 Å². The smallest absolute Gasteiger partial charge is 0.260 e. The van der Waals surface area contributed by atoms with E-state index in [9.17, 15) is 9.59 Å². The molecule has 2 aliphatic rings. The van der Waals surface area contributed by atoms with Gasteiger partial charge < -0.3 is 14.4 Å². The van der Waals surface area contributed by atoms with Gasteiger partial charge in [-0.1, -0.05) is 25.7 Å². The molecule has 1 atom stereocenters. The van der Waals surface area contributed by atoms with E-state index in [1.165, 1.54) is 4.90 Å². The highest BCUT2D eigenvalue weighted by Gasteiger charge is 2.40. The second kappa shape index (κ2) is 7.24. The van der Waals surface area contributed by atoms with Crippen LogP contribution < -0.4 is 9.64 Å². The second-order valence-electron chi connectivity index (χ2n) is 7.85. The number of amides is 2. The molecule has 0 N–H and O–H groups in total. The molecule has 0 saturated heterocycles. The molecule has 0 aliphatic carbocycles. The van der Waals surface area contributed by atoms with Crippen molar-refractivity contribution in [1.82, 2.24) is 4.90 Å². The summed E-state index contributed by atoms with van der Waals surface area (Å²) >= 11 is 0. The number of fused-ring (bicyclic) bond motifs is 2. The molecule has 2 amide bonds. The van der Waals surface area contributed by atoms with Crippen molar-refractivity contribution in [2.24, 2.45) is 0 Å². The molecule has 0 radical (unpaired) electrons. The summed E-state index contributed by atoms with van der Waals surface area (Å²) in [4.78, 5) is 29.1. The van der Waals surface area contributed by atoms with Gasteiger partial charge in [0.1, 0.15) is 18.5 Å². The Morgan fingerprint density at radius 3 is 2.69 bits per heavy atom. The molecule has 0 bridgehead atoms. The first-order chi connectivity index (χ1) is 12.3. The summed E-state index contributed by atoms with van der Waals surface area (Å²) in [6, 6.07) is 5.74. The van der Waals surface area contributed by atoms with E-state index in [2.05, 4.69) is 19.6 Å². The van der Waals surface area contributed by atoms with Crippen LogP contribution in [0.1, 0.15) is 16.8 Å². The van der Waals surface area contributed by atoms with Crippen LogP contribution in [0.2, 0.25) is 25.7 Å². The number of methoxy groups -OCH3 is 1. The lowest BCUT2D eigenvalue weighted by Crippen LogP contribution is -2.45. The first-order valence-corrected chi connectivity index (χ1v) is 12.6. The Balaban J connectivity index is 1.89. The summed E-state index contributed by atoms with van der Waals surface area (Å²) in [5.41, 5.74) is 1.04. The van der Waals surface area contributed by atoms with Gasteiger partial charge in [0, 0.05) is 20.9 Å². The average Bonchev–Trinajstić information content (AvgIpc) is 3.06. The van der Waals surface area contributed by atoms with E-state index in [0.717, 1.165) is 6.04 Å². The predicted molar refractivity (Wildman–Crippen MR) is 103 cm³/mol. The van der Waals surface area contributed by atoms with Gasteiger partial charge in [0.15, 0.2) is 0 Å². The molecule has 0 fully saturated rings. The Morgan fingerprint density at radius 1 is 1.23 bits per heavy atom.